The molecule has 1 N–H and O–H groups in total. The van der Waals surface area contributed by atoms with Crippen molar-refractivity contribution in [2.24, 2.45) is 17.3 Å². The summed E-state index contributed by atoms with van der Waals surface area (Å²) in [6.07, 6.45) is 3.61. The van der Waals surface area contributed by atoms with Crippen molar-refractivity contribution in [3.05, 3.63) is 0 Å². The largest absolute Gasteiger partial charge is 0.390 e. The van der Waals surface area contributed by atoms with Gasteiger partial charge in [0.05, 0.1) is 5.60 Å². The maximum absolute atomic E-state index is 10.0. The molecule has 0 saturated heterocycles. The minimum Gasteiger partial charge on any atom is -0.390 e. The van der Waals surface area contributed by atoms with Crippen LogP contribution in [0.15, 0.2) is 0 Å². The highest BCUT2D eigenvalue weighted by molar-refractivity contribution is 5.08. The first kappa shape index (κ1) is 7.60. The fourth-order valence-corrected chi connectivity index (χ4v) is 3.51. The molecule has 0 aliphatic heterocycles. The van der Waals surface area contributed by atoms with E-state index in [0.717, 1.165) is 12.3 Å². The predicted molar refractivity (Wildman–Crippen MR) is 45.2 cm³/mol. The number of aliphatic hydroxyl groups is 1. The molecule has 0 aromatic carbocycles. The van der Waals surface area contributed by atoms with Gasteiger partial charge in [0.1, 0.15) is 0 Å². The summed E-state index contributed by atoms with van der Waals surface area (Å²) in [5, 5.41) is 10.0. The molecule has 2 aliphatic rings. The third kappa shape index (κ3) is 0.807. The molecule has 0 aromatic rings. The van der Waals surface area contributed by atoms with Gasteiger partial charge in [-0.25, -0.2) is 0 Å². The van der Waals surface area contributed by atoms with Gasteiger partial charge in [0, 0.05) is 0 Å². The van der Waals surface area contributed by atoms with Gasteiger partial charge >= 0.3 is 0 Å². The van der Waals surface area contributed by atoms with Crippen molar-refractivity contribution in [1.29, 1.82) is 0 Å². The van der Waals surface area contributed by atoms with E-state index in [4.69, 9.17) is 0 Å². The van der Waals surface area contributed by atoms with Gasteiger partial charge in [0.2, 0.25) is 0 Å². The van der Waals surface area contributed by atoms with Crippen LogP contribution >= 0.6 is 0 Å². The van der Waals surface area contributed by atoms with Crippen LogP contribution in [0.1, 0.15) is 40.0 Å². The summed E-state index contributed by atoms with van der Waals surface area (Å²) in [6, 6.07) is 0. The van der Waals surface area contributed by atoms with Crippen molar-refractivity contribution in [1.82, 2.24) is 0 Å². The Morgan fingerprint density at radius 1 is 1.18 bits per heavy atom. The zero-order chi connectivity index (χ0) is 8.28. The highest BCUT2D eigenvalue weighted by Gasteiger charge is 2.58. The van der Waals surface area contributed by atoms with E-state index in [1.165, 1.54) is 12.8 Å². The zero-order valence-electron chi connectivity index (χ0n) is 7.72. The number of hydrogen-bond acceptors (Lipinski definition) is 1. The van der Waals surface area contributed by atoms with Crippen LogP contribution in [0.25, 0.3) is 0 Å². The molecule has 3 atom stereocenters. The second kappa shape index (κ2) is 1.82. The zero-order valence-corrected chi connectivity index (χ0v) is 7.72. The Balaban J connectivity index is 2.33. The predicted octanol–water partition coefficient (Wildman–Crippen LogP) is 2.19. The smallest absolute Gasteiger partial charge is 0.0655 e. The van der Waals surface area contributed by atoms with E-state index in [-0.39, 0.29) is 5.60 Å². The van der Waals surface area contributed by atoms with Gasteiger partial charge in [-0.2, -0.15) is 0 Å². The van der Waals surface area contributed by atoms with Crippen molar-refractivity contribution in [3.63, 3.8) is 0 Å². The summed E-state index contributed by atoms with van der Waals surface area (Å²) in [5.41, 5.74) is 0.0515. The van der Waals surface area contributed by atoms with Crippen LogP contribution in [0.4, 0.5) is 0 Å². The van der Waals surface area contributed by atoms with Crippen molar-refractivity contribution < 1.29 is 5.11 Å². The first-order valence-corrected chi connectivity index (χ1v) is 4.67. The van der Waals surface area contributed by atoms with E-state index in [9.17, 15) is 5.11 Å². The Hall–Kier alpha value is -0.0400. The fourth-order valence-electron chi connectivity index (χ4n) is 3.51. The van der Waals surface area contributed by atoms with Crippen LogP contribution in [0.2, 0.25) is 0 Å². The molecule has 2 aliphatic carbocycles. The second-order valence-corrected chi connectivity index (χ2v) is 5.21. The molecule has 1 heteroatoms. The number of hydrogen-bond donors (Lipinski definition) is 1. The van der Waals surface area contributed by atoms with E-state index < -0.39 is 0 Å². The van der Waals surface area contributed by atoms with E-state index in [0.29, 0.717) is 11.3 Å². The van der Waals surface area contributed by atoms with Gasteiger partial charge in [0.15, 0.2) is 0 Å². The van der Waals surface area contributed by atoms with Crippen LogP contribution in [0.5, 0.6) is 0 Å². The van der Waals surface area contributed by atoms with Gasteiger partial charge in [0.25, 0.3) is 0 Å². The Bertz CT molecular complexity index is 181. The van der Waals surface area contributed by atoms with Crippen LogP contribution < -0.4 is 0 Å². The standard InChI is InChI=1S/C10H18O/c1-9(2)7-4-5-8(9)10(3,11)6-7/h7-8,11H,4-6H2,1-3H3/t7-,8-,10-/m1/s1. The molecular formula is C10H18O. The first-order chi connectivity index (χ1) is 4.94. The lowest BCUT2D eigenvalue weighted by Gasteiger charge is -2.31. The highest BCUT2D eigenvalue weighted by atomic mass is 16.3. The minimum absolute atomic E-state index is 0.355. The maximum atomic E-state index is 10.0. The maximum Gasteiger partial charge on any atom is 0.0655 e. The third-order valence-corrected chi connectivity index (χ3v) is 4.16. The van der Waals surface area contributed by atoms with Crippen molar-refractivity contribution in [2.75, 3.05) is 0 Å². The van der Waals surface area contributed by atoms with E-state index in [1.807, 2.05) is 6.92 Å². The molecule has 2 rings (SSSR count). The van der Waals surface area contributed by atoms with E-state index >= 15 is 0 Å². The highest BCUT2D eigenvalue weighted by Crippen LogP contribution is 2.61. The summed E-state index contributed by atoms with van der Waals surface area (Å²) in [7, 11) is 0. The van der Waals surface area contributed by atoms with Crippen molar-refractivity contribution >= 4 is 0 Å². The monoisotopic (exact) mass is 154 g/mol. The summed E-state index contributed by atoms with van der Waals surface area (Å²) in [5.74, 6) is 1.34. The molecule has 0 unspecified atom stereocenters. The Morgan fingerprint density at radius 3 is 2.00 bits per heavy atom. The average molecular weight is 154 g/mol. The topological polar surface area (TPSA) is 20.2 Å². The van der Waals surface area contributed by atoms with E-state index in [2.05, 4.69) is 13.8 Å². The Labute approximate surface area is 68.8 Å². The molecule has 2 fully saturated rings. The fraction of sp³-hybridized carbons (Fsp3) is 1.00. The molecule has 0 heterocycles. The Morgan fingerprint density at radius 2 is 1.82 bits per heavy atom. The summed E-state index contributed by atoms with van der Waals surface area (Å²) in [4.78, 5) is 0. The molecule has 64 valence electrons. The van der Waals surface area contributed by atoms with Gasteiger partial charge in [-0.1, -0.05) is 13.8 Å². The summed E-state index contributed by atoms with van der Waals surface area (Å²) < 4.78 is 0. The molecule has 0 spiro atoms. The number of rotatable bonds is 0. The molecular weight excluding hydrogens is 136 g/mol. The summed E-state index contributed by atoms with van der Waals surface area (Å²) in [6.45, 7) is 6.65. The molecule has 0 radical (unpaired) electrons. The van der Waals surface area contributed by atoms with Gasteiger partial charge < -0.3 is 5.11 Å². The van der Waals surface area contributed by atoms with Gasteiger partial charge in [-0.3, -0.25) is 0 Å². The Kier molecular flexibility index (Phi) is 1.26. The third-order valence-electron chi connectivity index (χ3n) is 4.16. The van der Waals surface area contributed by atoms with Crippen molar-refractivity contribution in [3.8, 4) is 0 Å². The van der Waals surface area contributed by atoms with Crippen molar-refractivity contribution in [2.45, 2.75) is 45.6 Å². The molecule has 0 amide bonds. The second-order valence-electron chi connectivity index (χ2n) is 5.21. The molecule has 1 nitrogen and oxygen atoms in total. The lowest BCUT2D eigenvalue weighted by molar-refractivity contribution is -0.00792. The van der Waals surface area contributed by atoms with Gasteiger partial charge in [-0.05, 0) is 43.4 Å². The normalized spacial score (nSPS) is 53.5. The minimum atomic E-state index is -0.355. The SMILES string of the molecule is CC1(C)[C@@H]2CC[C@H]1[C@](C)(O)C2. The van der Waals surface area contributed by atoms with Crippen LogP contribution in [0, 0.1) is 17.3 Å². The summed E-state index contributed by atoms with van der Waals surface area (Å²) >= 11 is 0. The van der Waals surface area contributed by atoms with Gasteiger partial charge in [-0.15, -0.1) is 0 Å². The average Bonchev–Trinajstić information content (AvgIpc) is 2.15. The molecule has 11 heavy (non-hydrogen) atoms. The molecule has 2 bridgehead atoms. The lowest BCUT2D eigenvalue weighted by atomic mass is 9.79. The first-order valence-electron chi connectivity index (χ1n) is 4.67. The quantitative estimate of drug-likeness (QED) is 0.567. The number of fused-ring (bicyclic) bond motifs is 2. The van der Waals surface area contributed by atoms with E-state index in [1.54, 1.807) is 0 Å². The van der Waals surface area contributed by atoms with Crippen LogP contribution in [0.3, 0.4) is 0 Å². The lowest BCUT2D eigenvalue weighted by Crippen LogP contribution is -2.33. The molecule has 2 saturated carbocycles. The molecule has 0 aromatic heterocycles. The van der Waals surface area contributed by atoms with Crippen LogP contribution in [-0.4, -0.2) is 10.7 Å². The van der Waals surface area contributed by atoms with Crippen LogP contribution in [-0.2, 0) is 0 Å².